The summed E-state index contributed by atoms with van der Waals surface area (Å²) >= 11 is 6.06. The summed E-state index contributed by atoms with van der Waals surface area (Å²) in [4.78, 5) is 86.5. The molecule has 0 unspecified atom stereocenters. The zero-order valence-electron chi connectivity index (χ0n) is 49.7. The first-order chi connectivity index (χ1) is 44.3. The molecule has 1 N–H and O–H groups in total. The predicted octanol–water partition coefficient (Wildman–Crippen LogP) is 7.23. The predicted molar refractivity (Wildman–Crippen MR) is 320 cm³/mol. The van der Waals surface area contributed by atoms with Gasteiger partial charge in [-0.1, -0.05) is 164 Å². The summed E-state index contributed by atoms with van der Waals surface area (Å²) in [6.07, 6.45) is -20.7. The van der Waals surface area contributed by atoms with E-state index in [9.17, 15) is 33.9 Å². The van der Waals surface area contributed by atoms with Crippen LogP contribution in [0.1, 0.15) is 62.4 Å². The molecule has 4 fully saturated rings. The third kappa shape index (κ3) is 15.5. The molecule has 5 heterocycles. The summed E-state index contributed by atoms with van der Waals surface area (Å²) in [7, 11) is 0. The van der Waals surface area contributed by atoms with Gasteiger partial charge >= 0.3 is 24.0 Å². The van der Waals surface area contributed by atoms with Crippen molar-refractivity contribution in [1.29, 1.82) is 0 Å². The molecule has 478 valence electrons. The Hall–Kier alpha value is -7.97. The Morgan fingerprint density at radius 2 is 0.890 bits per heavy atom. The number of carbonyl (C=O) groups excluding carboxylic acids is 6. The van der Waals surface area contributed by atoms with Gasteiger partial charge in [-0.3, -0.25) is 33.8 Å². The molecule has 6 aromatic carbocycles. The number of halogens is 1. The Morgan fingerprint density at radius 1 is 0.473 bits per heavy atom. The molecule has 91 heavy (non-hydrogen) atoms. The molecular weight excluding hydrogens is 1200 g/mol. The number of ether oxygens (including phenoxy) is 13. The molecule has 0 spiro atoms. The monoisotopic (exact) mass is 1270 g/mol. The van der Waals surface area contributed by atoms with Crippen LogP contribution in [0.2, 0.25) is 0 Å². The molecule has 0 bridgehead atoms. The van der Waals surface area contributed by atoms with Crippen molar-refractivity contribution in [3.05, 3.63) is 215 Å². The van der Waals surface area contributed by atoms with Gasteiger partial charge in [-0.25, -0.2) is 4.79 Å². The maximum absolute atomic E-state index is 14.5. The van der Waals surface area contributed by atoms with Crippen molar-refractivity contribution >= 4 is 47.4 Å². The van der Waals surface area contributed by atoms with Crippen LogP contribution in [0.25, 0.3) is 0 Å². The molecule has 0 radical (unpaired) electrons. The number of hydrogen-bond donors (Lipinski definition) is 1. The summed E-state index contributed by atoms with van der Waals surface area (Å²) in [6, 6.07) is 49.1. The summed E-state index contributed by atoms with van der Waals surface area (Å²) < 4.78 is 85.0. The topological polar surface area (TPSA) is 249 Å². The number of alkyl halides is 1. The van der Waals surface area contributed by atoms with Crippen LogP contribution in [-0.2, 0) is 109 Å². The number of aliphatic hydroxyl groups is 1. The molecule has 6 aromatic rings. The molecule has 0 aromatic heterocycles. The first-order valence-corrected chi connectivity index (χ1v) is 30.4. The van der Waals surface area contributed by atoms with Crippen LogP contribution < -0.4 is 0 Å². The molecule has 5 aliphatic rings. The van der Waals surface area contributed by atoms with E-state index in [1.807, 2.05) is 103 Å². The number of aliphatic hydroxyl groups excluding tert-OH is 1. The minimum Gasteiger partial charge on any atom is -0.455 e. The van der Waals surface area contributed by atoms with E-state index in [0.29, 0.717) is 11.1 Å². The lowest BCUT2D eigenvalue weighted by atomic mass is 9.93. The first-order valence-electron chi connectivity index (χ1n) is 29.9. The van der Waals surface area contributed by atoms with Gasteiger partial charge in [0.1, 0.15) is 54.6 Å². The van der Waals surface area contributed by atoms with E-state index in [-0.39, 0.29) is 63.9 Å². The van der Waals surface area contributed by atoms with Gasteiger partial charge < -0.3 is 66.7 Å². The molecule has 15 atom stereocenters. The van der Waals surface area contributed by atoms with Crippen molar-refractivity contribution in [2.45, 2.75) is 139 Å². The summed E-state index contributed by atoms with van der Waals surface area (Å²) in [5, 5.41) is 12.3. The highest BCUT2D eigenvalue weighted by Gasteiger charge is 2.62. The van der Waals surface area contributed by atoms with Gasteiger partial charge in [0.15, 0.2) is 43.3 Å². The lowest BCUT2D eigenvalue weighted by Crippen LogP contribution is -2.70. The average Bonchev–Trinajstić information content (AvgIpc) is 1.72. The van der Waals surface area contributed by atoms with Crippen LogP contribution >= 0.6 is 11.6 Å². The van der Waals surface area contributed by atoms with E-state index >= 15 is 0 Å². The average molecular weight is 1270 g/mol. The number of imide groups is 1. The zero-order valence-corrected chi connectivity index (χ0v) is 50.5. The largest absolute Gasteiger partial charge is 0.455 e. The van der Waals surface area contributed by atoms with Crippen LogP contribution in [0.3, 0.4) is 0 Å². The van der Waals surface area contributed by atoms with Crippen LogP contribution in [0.5, 0.6) is 0 Å². The molecule has 23 heteroatoms. The summed E-state index contributed by atoms with van der Waals surface area (Å²) in [6.45, 7) is 1.32. The first kappa shape index (κ1) is 64.6. The number of carbonyl (C=O) groups is 6. The number of esters is 3. The highest BCUT2D eigenvalue weighted by molar-refractivity contribution is 6.26. The zero-order chi connectivity index (χ0) is 63.4. The fraction of sp³-hybridized carbons (Fsp3) is 0.382. The quantitative estimate of drug-likeness (QED) is 0.0243. The lowest BCUT2D eigenvalue weighted by molar-refractivity contribution is -0.372. The lowest BCUT2D eigenvalue weighted by Gasteiger charge is -2.51. The Labute approximate surface area is 529 Å². The van der Waals surface area contributed by atoms with Gasteiger partial charge in [0.2, 0.25) is 0 Å². The fourth-order valence-electron chi connectivity index (χ4n) is 11.9. The van der Waals surface area contributed by atoms with Crippen molar-refractivity contribution in [3.8, 4) is 0 Å². The minimum atomic E-state index is -1.91. The normalized spacial score (nSPS) is 27.8. The van der Waals surface area contributed by atoms with Crippen molar-refractivity contribution in [2.75, 3.05) is 25.7 Å². The number of hydrogen-bond acceptors (Lipinski definition) is 20. The van der Waals surface area contributed by atoms with E-state index in [2.05, 4.69) is 0 Å². The number of amides is 3. The Kier molecular flexibility index (Phi) is 21.6. The van der Waals surface area contributed by atoms with Crippen LogP contribution in [0.4, 0.5) is 4.79 Å². The molecule has 0 aliphatic carbocycles. The molecule has 4 saturated heterocycles. The van der Waals surface area contributed by atoms with Crippen LogP contribution in [0, 0.1) is 0 Å². The Morgan fingerprint density at radius 3 is 1.38 bits per heavy atom. The van der Waals surface area contributed by atoms with Crippen LogP contribution in [0.15, 0.2) is 176 Å². The van der Waals surface area contributed by atoms with Crippen molar-refractivity contribution in [3.63, 3.8) is 0 Å². The maximum atomic E-state index is 14.5. The highest BCUT2D eigenvalue weighted by Crippen LogP contribution is 2.42. The Bertz CT molecular complexity index is 3380. The minimum absolute atomic E-state index is 0.0172. The standard InChI is InChI=1S/C68H69ClN2O20/c1-41(72)83-61-58(89-66-55-60(91-68(78)70(55)33-43-20-8-3-9-21-43)57(88-53(74)32-69)51(86-66)39-80-35-45-24-12-5-13-25-45)52(40-81-36-46-26-14-6-15-27-46)87-67(62(61)84-42(2)73)90-56-50(38-79-34-44-22-10-4-11-23-44)85-65(77)54(59(56)82-37-47-28-16-7-17-29-47)71-63(75)48-30-18-19-31-49(48)64(71)76/h3-31,50-52,54-62,65-67,77H,32-40H2,1-2H3/t50-,51-,52-,54-,55-,56-,57-,58+,59-,60-,61+,62-,65-,66-,67+/m1/s1. The van der Waals surface area contributed by atoms with Gasteiger partial charge in [-0.15, -0.1) is 11.6 Å². The summed E-state index contributed by atoms with van der Waals surface area (Å²) in [5.41, 5.74) is 3.86. The van der Waals surface area contributed by atoms with Gasteiger partial charge in [-0.2, -0.15) is 0 Å². The second kappa shape index (κ2) is 30.4. The number of nitrogens with zero attached hydrogens (tertiary/aromatic N) is 2. The van der Waals surface area contributed by atoms with Crippen molar-refractivity contribution in [1.82, 2.24) is 9.80 Å². The molecule has 22 nitrogen and oxygen atoms in total. The fourth-order valence-corrected chi connectivity index (χ4v) is 12.0. The third-order valence-corrected chi connectivity index (χ3v) is 16.2. The van der Waals surface area contributed by atoms with Crippen molar-refractivity contribution < 1.29 is 95.5 Å². The smallest absolute Gasteiger partial charge is 0.411 e. The molecule has 0 saturated carbocycles. The highest BCUT2D eigenvalue weighted by atomic mass is 35.5. The molecule has 5 aliphatic heterocycles. The van der Waals surface area contributed by atoms with E-state index < -0.39 is 134 Å². The van der Waals surface area contributed by atoms with E-state index in [4.69, 9.17) is 73.2 Å². The van der Waals surface area contributed by atoms with Crippen molar-refractivity contribution in [2.24, 2.45) is 0 Å². The maximum Gasteiger partial charge on any atom is 0.411 e. The van der Waals surface area contributed by atoms with Gasteiger partial charge in [0, 0.05) is 20.4 Å². The second-order valence-electron chi connectivity index (χ2n) is 22.3. The van der Waals surface area contributed by atoms with Gasteiger partial charge in [0.25, 0.3) is 11.8 Å². The van der Waals surface area contributed by atoms with Gasteiger partial charge in [-0.05, 0) is 39.9 Å². The SMILES string of the molecule is CC(=O)O[C@H]1[C@@H](O[C@H]2O[C@H](COCc3ccccc3)[C@@H](OC(=O)CCl)[C@@H]3OC(=O)N(Cc4ccccc4)[C@@H]23)[C@@H](COCc2ccccc2)O[C@@H](O[C@H]2[C@H](OCc3ccccc3)[C@@H](N3C(=O)c4ccccc4C3=O)[C@H](O)O[C@@H]2COCc2ccccc2)[C@@H]1OC(C)=O. The number of rotatable bonds is 26. The second-order valence-corrected chi connectivity index (χ2v) is 22.6. The third-order valence-electron chi connectivity index (χ3n) is 16.0. The van der Waals surface area contributed by atoms with Crippen LogP contribution in [-0.4, -0.2) is 168 Å². The van der Waals surface area contributed by atoms with E-state index in [0.717, 1.165) is 35.4 Å². The molecular formula is C68H69ClN2O20. The van der Waals surface area contributed by atoms with Gasteiger partial charge in [0.05, 0.1) is 57.4 Å². The number of fused-ring (bicyclic) bond motifs is 2. The Balaban J connectivity index is 0.999. The molecule has 3 amide bonds. The van der Waals surface area contributed by atoms with E-state index in [1.165, 1.54) is 17.0 Å². The molecule has 11 rings (SSSR count). The number of benzene rings is 6. The summed E-state index contributed by atoms with van der Waals surface area (Å²) in [5.74, 6) is -4.65. The van der Waals surface area contributed by atoms with E-state index in [1.54, 1.807) is 60.7 Å².